The monoisotopic (exact) mass is 909 g/mol. The molecule has 0 aliphatic rings. The highest BCUT2D eigenvalue weighted by molar-refractivity contribution is 6.28. The van der Waals surface area contributed by atoms with Gasteiger partial charge in [-0.3, -0.25) is 0 Å². The number of methoxy groups -OCH3 is 2. The van der Waals surface area contributed by atoms with E-state index in [1.54, 1.807) is 0 Å². The van der Waals surface area contributed by atoms with Crippen molar-refractivity contribution in [2.24, 2.45) is 0 Å². The predicted molar refractivity (Wildman–Crippen MR) is 253 cm³/mol. The highest BCUT2D eigenvalue weighted by Crippen LogP contribution is 2.18. The largest absolute Gasteiger partial charge is 0.467 e. The fraction of sp³-hybridized carbons (Fsp3) is 0.684. The molecular formula is C38H70Cl2N20O2. The Kier molecular flexibility index (Phi) is 22.5. The molecule has 8 N–H and O–H groups in total. The highest BCUT2D eigenvalue weighted by atomic mass is 35.5. The lowest BCUT2D eigenvalue weighted by Gasteiger charge is -2.20. The third kappa shape index (κ3) is 25.4. The van der Waals surface area contributed by atoms with Gasteiger partial charge in [-0.15, -0.1) is 0 Å². The van der Waals surface area contributed by atoms with Crippen LogP contribution in [0, 0.1) is 0 Å². The summed E-state index contributed by atoms with van der Waals surface area (Å²) in [6.45, 7) is 35.3. The first kappa shape index (κ1) is 54.6. The molecule has 4 rings (SSSR count). The van der Waals surface area contributed by atoms with Crippen LogP contribution in [-0.2, 0) is 0 Å². The van der Waals surface area contributed by atoms with Crippen molar-refractivity contribution >= 4 is 70.8 Å². The Morgan fingerprint density at radius 1 is 0.339 bits per heavy atom. The molecular weight excluding hydrogens is 839 g/mol. The number of halogens is 2. The van der Waals surface area contributed by atoms with Gasteiger partial charge in [0.25, 0.3) is 0 Å². The maximum absolute atomic E-state index is 5.77. The summed E-state index contributed by atoms with van der Waals surface area (Å²) in [5.74, 6) is 4.00. The van der Waals surface area contributed by atoms with E-state index in [1.807, 2.05) is 111 Å². The van der Waals surface area contributed by atoms with Crippen molar-refractivity contribution in [3.63, 3.8) is 0 Å². The molecule has 4 aromatic rings. The Morgan fingerprint density at radius 2 is 0.532 bits per heavy atom. The van der Waals surface area contributed by atoms with E-state index in [1.165, 1.54) is 14.2 Å². The van der Waals surface area contributed by atoms with Crippen molar-refractivity contribution in [2.75, 3.05) is 82.9 Å². The molecule has 0 aliphatic heterocycles. The van der Waals surface area contributed by atoms with Crippen LogP contribution in [0.2, 0.25) is 10.6 Å². The second kappa shape index (κ2) is 25.5. The average Bonchev–Trinajstić information content (AvgIpc) is 3.09. The second-order valence-electron chi connectivity index (χ2n) is 17.1. The molecule has 0 amide bonds. The molecule has 24 heteroatoms. The van der Waals surface area contributed by atoms with Crippen LogP contribution < -0.4 is 52.0 Å². The van der Waals surface area contributed by atoms with E-state index in [2.05, 4.69) is 102 Å². The second-order valence-corrected chi connectivity index (χ2v) is 17.7. The van der Waals surface area contributed by atoms with Gasteiger partial charge in [-0.25, -0.2) is 0 Å². The van der Waals surface area contributed by atoms with Crippen molar-refractivity contribution in [1.82, 2.24) is 59.8 Å². The molecule has 0 bridgehead atoms. The summed E-state index contributed by atoms with van der Waals surface area (Å²) in [5, 5.41) is 25.0. The molecule has 0 fully saturated rings. The summed E-state index contributed by atoms with van der Waals surface area (Å²) < 4.78 is 10.0. The molecule has 0 radical (unpaired) electrons. The predicted octanol–water partition coefficient (Wildman–Crippen LogP) is 7.38. The lowest BCUT2D eigenvalue weighted by Crippen LogP contribution is -2.27. The fourth-order valence-electron chi connectivity index (χ4n) is 4.11. The zero-order valence-corrected chi connectivity index (χ0v) is 41.3. The van der Waals surface area contributed by atoms with E-state index in [0.29, 0.717) is 59.6 Å². The molecule has 0 saturated carbocycles. The molecule has 22 nitrogen and oxygen atoms in total. The Bertz CT molecular complexity index is 1780. The first-order valence-electron chi connectivity index (χ1n) is 20.2. The van der Waals surface area contributed by atoms with Crippen molar-refractivity contribution in [3.05, 3.63) is 10.6 Å². The fourth-order valence-corrected chi connectivity index (χ4v) is 4.43. The Morgan fingerprint density at radius 3 is 0.742 bits per heavy atom. The number of hydrogen-bond donors (Lipinski definition) is 8. The smallest absolute Gasteiger partial charge is 0.322 e. The zero-order chi connectivity index (χ0) is 47.3. The van der Waals surface area contributed by atoms with E-state index in [9.17, 15) is 0 Å². The lowest BCUT2D eigenvalue weighted by molar-refractivity contribution is 0.379. The lowest BCUT2D eigenvalue weighted by atomic mass is 10.1. The van der Waals surface area contributed by atoms with Gasteiger partial charge in [0.1, 0.15) is 0 Å². The number of nitrogens with one attached hydrogen (secondary N) is 8. The summed E-state index contributed by atoms with van der Waals surface area (Å²) in [5.41, 5.74) is -0.409. The van der Waals surface area contributed by atoms with Crippen molar-refractivity contribution < 1.29 is 9.47 Å². The number of anilines is 8. The number of aromatic nitrogens is 12. The SMILES string of the molecule is CCNc1nc(Cl)nc(NC(C)(C)C)n1.CCNc1nc(Cl)nc(NC(C)(C)C)n1.CCNc1nc(NC(C)(C)C)nc(OC)n1.CCNc1nc(NC(C)(C)C)nc(OC)n1. The molecule has 348 valence electrons. The van der Waals surface area contributed by atoms with Crippen LogP contribution in [0.1, 0.15) is 111 Å². The van der Waals surface area contributed by atoms with E-state index < -0.39 is 0 Å². The van der Waals surface area contributed by atoms with Gasteiger partial charge < -0.3 is 52.0 Å². The maximum Gasteiger partial charge on any atom is 0.322 e. The Hall–Kier alpha value is -5.38. The van der Waals surface area contributed by atoms with Crippen molar-refractivity contribution in [3.8, 4) is 12.0 Å². The molecule has 0 saturated heterocycles. The summed E-state index contributed by atoms with van der Waals surface area (Å²) in [6.07, 6.45) is 0. The number of rotatable bonds is 14. The summed E-state index contributed by atoms with van der Waals surface area (Å²) >= 11 is 11.5. The van der Waals surface area contributed by atoms with E-state index in [4.69, 9.17) is 32.7 Å². The van der Waals surface area contributed by atoms with Crippen LogP contribution >= 0.6 is 23.2 Å². The molecule has 62 heavy (non-hydrogen) atoms. The summed E-state index contributed by atoms with van der Waals surface area (Å²) in [6, 6.07) is 0.607. The molecule has 0 atom stereocenters. The number of hydrogen-bond acceptors (Lipinski definition) is 22. The third-order valence-electron chi connectivity index (χ3n) is 6.10. The highest BCUT2D eigenvalue weighted by Gasteiger charge is 2.17. The molecule has 0 aliphatic carbocycles. The van der Waals surface area contributed by atoms with Crippen molar-refractivity contribution in [2.45, 2.75) is 133 Å². The minimum Gasteiger partial charge on any atom is -0.467 e. The molecule has 4 heterocycles. The molecule has 0 spiro atoms. The summed E-state index contributed by atoms with van der Waals surface area (Å²) in [7, 11) is 3.07. The average molecular weight is 910 g/mol. The van der Waals surface area contributed by atoms with Gasteiger partial charge in [-0.1, -0.05) is 0 Å². The number of ether oxygens (including phenoxy) is 2. The van der Waals surface area contributed by atoms with Gasteiger partial charge in [-0.05, 0) is 134 Å². The van der Waals surface area contributed by atoms with E-state index in [-0.39, 0.29) is 32.7 Å². The van der Waals surface area contributed by atoms with Crippen LogP contribution in [0.25, 0.3) is 0 Å². The first-order valence-corrected chi connectivity index (χ1v) is 21.0. The topological polar surface area (TPSA) is 269 Å². The Labute approximate surface area is 377 Å². The number of nitrogens with zero attached hydrogens (tertiary/aromatic N) is 12. The zero-order valence-electron chi connectivity index (χ0n) is 39.8. The minimum atomic E-state index is -0.103. The summed E-state index contributed by atoms with van der Waals surface area (Å²) in [4.78, 5) is 49.1. The van der Waals surface area contributed by atoms with Crippen LogP contribution in [0.15, 0.2) is 0 Å². The Balaban J connectivity index is 0.000000414. The maximum atomic E-state index is 5.77. The molecule has 0 unspecified atom stereocenters. The molecule has 4 aromatic heterocycles. The van der Waals surface area contributed by atoms with Gasteiger partial charge in [0.2, 0.25) is 58.2 Å². The normalized spacial score (nSPS) is 11.2. The van der Waals surface area contributed by atoms with Crippen LogP contribution in [0.3, 0.4) is 0 Å². The van der Waals surface area contributed by atoms with Gasteiger partial charge in [0, 0.05) is 48.3 Å². The van der Waals surface area contributed by atoms with Gasteiger partial charge >= 0.3 is 12.0 Å². The molecule has 0 aromatic carbocycles. The first-order chi connectivity index (χ1) is 28.7. The van der Waals surface area contributed by atoms with Gasteiger partial charge in [0.15, 0.2) is 0 Å². The van der Waals surface area contributed by atoms with Crippen LogP contribution in [-0.4, -0.2) is 122 Å². The van der Waals surface area contributed by atoms with Gasteiger partial charge in [-0.2, -0.15) is 59.8 Å². The van der Waals surface area contributed by atoms with E-state index in [0.717, 1.165) is 26.2 Å². The van der Waals surface area contributed by atoms with Gasteiger partial charge in [0.05, 0.1) is 14.2 Å². The van der Waals surface area contributed by atoms with Crippen molar-refractivity contribution in [1.29, 1.82) is 0 Å². The van der Waals surface area contributed by atoms with Crippen LogP contribution in [0.5, 0.6) is 12.0 Å². The van der Waals surface area contributed by atoms with Crippen LogP contribution in [0.4, 0.5) is 47.6 Å². The van der Waals surface area contributed by atoms with E-state index >= 15 is 0 Å². The third-order valence-corrected chi connectivity index (χ3v) is 6.44. The minimum absolute atomic E-state index is 0.101. The standard InChI is InChI=1S/2C10H19N5O.2C9H16ClN5/c2*1-6-11-7-12-8(15-10(2,3)4)14-9(13-7)16-5;2*1-5-11-7-12-6(10)13-8(14-7)15-9(2,3)4/h2*6H2,1-5H3,(H2,11,12,13,14,15);2*5H2,1-4H3,(H2,11,12,13,14,15). The quantitative estimate of drug-likeness (QED) is 0.0613.